The van der Waals surface area contributed by atoms with E-state index in [9.17, 15) is 9.59 Å². The number of unbranched alkanes of at least 4 members (excludes halogenated alkanes) is 1. The molecule has 0 fully saturated rings. The van der Waals surface area contributed by atoms with Crippen molar-refractivity contribution in [1.29, 1.82) is 0 Å². The average Bonchev–Trinajstić information content (AvgIpc) is 2.61. The van der Waals surface area contributed by atoms with Crippen molar-refractivity contribution in [3.63, 3.8) is 0 Å². The van der Waals surface area contributed by atoms with E-state index < -0.39 is 0 Å². The predicted octanol–water partition coefficient (Wildman–Crippen LogP) is 3.43. The molecule has 0 amide bonds. The average molecular weight is 306 g/mol. The van der Waals surface area contributed by atoms with Gasteiger partial charge < -0.3 is 0 Å². The minimum Gasteiger partial charge on any atom is -0.289 e. The first kappa shape index (κ1) is 15.2. The lowest BCUT2D eigenvalue weighted by molar-refractivity contribution is 0.102. The molecule has 0 saturated carbocycles. The van der Waals surface area contributed by atoms with Crippen molar-refractivity contribution in [2.45, 2.75) is 26.3 Å². The monoisotopic (exact) mass is 306 g/mol. The van der Waals surface area contributed by atoms with Crippen molar-refractivity contribution < 1.29 is 4.79 Å². The van der Waals surface area contributed by atoms with Gasteiger partial charge in [0.2, 0.25) is 5.78 Å². The number of aromatic nitrogens is 2. The number of carbonyl (C=O) groups excluding carboxylic acids is 1. The summed E-state index contributed by atoms with van der Waals surface area (Å²) in [6, 6.07) is 16.1. The molecule has 0 aliphatic rings. The fraction of sp³-hybridized carbons (Fsp3) is 0.211. The van der Waals surface area contributed by atoms with Crippen LogP contribution in [0.1, 0.15) is 35.9 Å². The zero-order valence-electron chi connectivity index (χ0n) is 13.0. The van der Waals surface area contributed by atoms with Crippen LogP contribution in [0.4, 0.5) is 0 Å². The Kier molecular flexibility index (Phi) is 4.33. The molecule has 0 aliphatic heterocycles. The van der Waals surface area contributed by atoms with Crippen LogP contribution in [-0.4, -0.2) is 15.3 Å². The summed E-state index contributed by atoms with van der Waals surface area (Å²) in [5.41, 5.74) is 0.952. The van der Waals surface area contributed by atoms with Crippen LogP contribution in [0.2, 0.25) is 0 Å². The number of fused-ring (bicyclic) bond motifs is 1. The van der Waals surface area contributed by atoms with Crippen molar-refractivity contribution in [2.75, 3.05) is 0 Å². The van der Waals surface area contributed by atoms with Crippen LogP contribution >= 0.6 is 0 Å². The molecule has 23 heavy (non-hydrogen) atoms. The normalized spacial score (nSPS) is 10.8. The van der Waals surface area contributed by atoms with Gasteiger partial charge in [-0.2, -0.15) is 0 Å². The molecule has 0 atom stereocenters. The van der Waals surface area contributed by atoms with Crippen LogP contribution in [-0.2, 0) is 6.54 Å². The Morgan fingerprint density at radius 2 is 1.74 bits per heavy atom. The van der Waals surface area contributed by atoms with Gasteiger partial charge in [0.05, 0.1) is 10.9 Å². The maximum Gasteiger partial charge on any atom is 0.261 e. The van der Waals surface area contributed by atoms with Crippen LogP contribution in [0.5, 0.6) is 0 Å². The topological polar surface area (TPSA) is 52.0 Å². The van der Waals surface area contributed by atoms with E-state index in [1.165, 1.54) is 4.57 Å². The summed E-state index contributed by atoms with van der Waals surface area (Å²) < 4.78 is 1.52. The minimum atomic E-state index is -0.218. The van der Waals surface area contributed by atoms with Gasteiger partial charge in [0.15, 0.2) is 5.82 Å². The van der Waals surface area contributed by atoms with E-state index in [1.54, 1.807) is 24.3 Å². The van der Waals surface area contributed by atoms with Crippen molar-refractivity contribution in [3.05, 3.63) is 76.3 Å². The molecule has 0 spiro atoms. The second-order valence-electron chi connectivity index (χ2n) is 5.46. The Balaban J connectivity index is 2.21. The number of para-hydroxylation sites is 1. The molecule has 0 saturated heterocycles. The zero-order chi connectivity index (χ0) is 16.2. The molecule has 4 heteroatoms. The van der Waals surface area contributed by atoms with E-state index in [4.69, 9.17) is 0 Å². The third-order valence-corrected chi connectivity index (χ3v) is 3.84. The van der Waals surface area contributed by atoms with E-state index in [0.717, 1.165) is 12.8 Å². The van der Waals surface area contributed by atoms with Crippen LogP contribution < -0.4 is 5.56 Å². The molecule has 2 aromatic carbocycles. The van der Waals surface area contributed by atoms with Crippen LogP contribution in [0.15, 0.2) is 59.4 Å². The third kappa shape index (κ3) is 2.93. The molecule has 0 unspecified atom stereocenters. The van der Waals surface area contributed by atoms with E-state index in [-0.39, 0.29) is 17.2 Å². The van der Waals surface area contributed by atoms with Gasteiger partial charge in [-0.05, 0) is 18.6 Å². The molecular weight excluding hydrogens is 288 g/mol. The Labute approximate surface area is 134 Å². The Morgan fingerprint density at radius 3 is 2.48 bits per heavy atom. The zero-order valence-corrected chi connectivity index (χ0v) is 13.0. The number of hydrogen-bond donors (Lipinski definition) is 0. The summed E-state index contributed by atoms with van der Waals surface area (Å²) in [5.74, 6) is -0.00194. The Morgan fingerprint density at radius 1 is 1.04 bits per heavy atom. The highest BCUT2D eigenvalue weighted by atomic mass is 16.1. The quantitative estimate of drug-likeness (QED) is 0.679. The second kappa shape index (κ2) is 6.57. The largest absolute Gasteiger partial charge is 0.289 e. The lowest BCUT2D eigenvalue weighted by atomic mass is 10.1. The van der Waals surface area contributed by atoms with E-state index in [1.807, 2.05) is 30.3 Å². The maximum atomic E-state index is 12.8. The first-order valence-corrected chi connectivity index (χ1v) is 7.81. The summed E-state index contributed by atoms with van der Waals surface area (Å²) >= 11 is 0. The fourth-order valence-corrected chi connectivity index (χ4v) is 2.58. The second-order valence-corrected chi connectivity index (χ2v) is 5.46. The molecule has 1 aromatic heterocycles. The van der Waals surface area contributed by atoms with Gasteiger partial charge in [0, 0.05) is 12.1 Å². The molecule has 3 rings (SSSR count). The molecule has 3 aromatic rings. The highest BCUT2D eigenvalue weighted by Crippen LogP contribution is 2.12. The van der Waals surface area contributed by atoms with Crippen molar-refractivity contribution in [1.82, 2.24) is 9.55 Å². The molecule has 4 nitrogen and oxygen atoms in total. The number of ketones is 1. The molecule has 1 heterocycles. The minimum absolute atomic E-state index is 0.150. The van der Waals surface area contributed by atoms with E-state index in [2.05, 4.69) is 11.9 Å². The van der Waals surface area contributed by atoms with Crippen LogP contribution in [0, 0.1) is 0 Å². The summed E-state index contributed by atoms with van der Waals surface area (Å²) in [6.07, 6.45) is 1.77. The molecule has 0 bridgehead atoms. The summed E-state index contributed by atoms with van der Waals surface area (Å²) in [5, 5.41) is 0.549. The SMILES string of the molecule is CCCCn1c(C(=O)c2ccccc2)nc2ccccc2c1=O. The van der Waals surface area contributed by atoms with Gasteiger partial charge in [-0.1, -0.05) is 55.8 Å². The van der Waals surface area contributed by atoms with Crippen molar-refractivity contribution >= 4 is 16.7 Å². The molecule has 116 valence electrons. The number of rotatable bonds is 5. The van der Waals surface area contributed by atoms with E-state index in [0.29, 0.717) is 23.0 Å². The number of hydrogen-bond acceptors (Lipinski definition) is 3. The third-order valence-electron chi connectivity index (χ3n) is 3.84. The maximum absolute atomic E-state index is 12.8. The van der Waals surface area contributed by atoms with Crippen LogP contribution in [0.3, 0.4) is 0 Å². The number of nitrogens with zero attached hydrogens (tertiary/aromatic N) is 2. The number of carbonyl (C=O) groups is 1. The highest BCUT2D eigenvalue weighted by Gasteiger charge is 2.18. The Bertz CT molecular complexity index is 898. The first-order chi connectivity index (χ1) is 11.2. The fourth-order valence-electron chi connectivity index (χ4n) is 2.58. The number of benzene rings is 2. The van der Waals surface area contributed by atoms with Gasteiger partial charge >= 0.3 is 0 Å². The van der Waals surface area contributed by atoms with Crippen molar-refractivity contribution in [2.24, 2.45) is 0 Å². The van der Waals surface area contributed by atoms with Gasteiger partial charge in [0.25, 0.3) is 5.56 Å². The van der Waals surface area contributed by atoms with Gasteiger partial charge in [0.1, 0.15) is 0 Å². The summed E-state index contributed by atoms with van der Waals surface area (Å²) in [4.78, 5) is 30.0. The summed E-state index contributed by atoms with van der Waals surface area (Å²) in [6.45, 7) is 2.55. The molecule has 0 aliphatic carbocycles. The van der Waals surface area contributed by atoms with Gasteiger partial charge in [-0.25, -0.2) is 4.98 Å². The summed E-state index contributed by atoms with van der Waals surface area (Å²) in [7, 11) is 0. The van der Waals surface area contributed by atoms with Gasteiger partial charge in [-0.3, -0.25) is 14.2 Å². The van der Waals surface area contributed by atoms with Gasteiger partial charge in [-0.15, -0.1) is 0 Å². The molecular formula is C19H18N2O2. The lowest BCUT2D eigenvalue weighted by Gasteiger charge is -2.12. The molecule has 0 radical (unpaired) electrons. The highest BCUT2D eigenvalue weighted by molar-refractivity contribution is 6.07. The van der Waals surface area contributed by atoms with Crippen LogP contribution in [0.25, 0.3) is 10.9 Å². The smallest absolute Gasteiger partial charge is 0.261 e. The lowest BCUT2D eigenvalue weighted by Crippen LogP contribution is -2.28. The van der Waals surface area contributed by atoms with Crippen molar-refractivity contribution in [3.8, 4) is 0 Å². The standard InChI is InChI=1S/C19H18N2O2/c1-2-3-13-21-18(17(22)14-9-5-4-6-10-14)20-16-12-8-7-11-15(16)19(21)23/h4-12H,2-3,13H2,1H3. The first-order valence-electron chi connectivity index (χ1n) is 7.81. The molecule has 0 N–H and O–H groups in total. The van der Waals surface area contributed by atoms with E-state index >= 15 is 0 Å². The predicted molar refractivity (Wildman–Crippen MR) is 90.8 cm³/mol. The Hall–Kier alpha value is -2.75.